The first-order chi connectivity index (χ1) is 13.2. The van der Waals surface area contributed by atoms with Gasteiger partial charge in [0.2, 0.25) is 10.0 Å². The standard InChI is InChI=1S/C19H26N4O4S/c1-13(2)23-19(25)16-7-5-4-6-15(16)17(21-23)18(24)20-12-14-8-10-22(11-9-14)28(3,26)27/h4-7,13-14H,8-12H2,1-3H3,(H,20,24). The minimum atomic E-state index is -3.16. The van der Waals surface area contributed by atoms with Gasteiger partial charge in [-0.05, 0) is 38.7 Å². The first-order valence-electron chi connectivity index (χ1n) is 9.43. The van der Waals surface area contributed by atoms with Gasteiger partial charge in [0.15, 0.2) is 5.69 Å². The summed E-state index contributed by atoms with van der Waals surface area (Å²) in [5.41, 5.74) is 0.0211. The van der Waals surface area contributed by atoms with Crippen LogP contribution in [0.3, 0.4) is 0 Å². The zero-order valence-electron chi connectivity index (χ0n) is 16.4. The Bertz CT molecular complexity index is 1040. The molecule has 2 aromatic rings. The summed E-state index contributed by atoms with van der Waals surface area (Å²) in [5, 5.41) is 8.23. The molecule has 0 spiro atoms. The third-order valence-corrected chi connectivity index (χ3v) is 6.43. The van der Waals surface area contributed by atoms with Gasteiger partial charge in [-0.3, -0.25) is 9.59 Å². The number of hydrogen-bond donors (Lipinski definition) is 1. The molecule has 3 rings (SSSR count). The Hall–Kier alpha value is -2.26. The molecule has 9 heteroatoms. The number of carbonyl (C=O) groups is 1. The number of carbonyl (C=O) groups excluding carboxylic acids is 1. The molecular weight excluding hydrogens is 380 g/mol. The van der Waals surface area contributed by atoms with Gasteiger partial charge in [-0.2, -0.15) is 5.10 Å². The highest BCUT2D eigenvalue weighted by molar-refractivity contribution is 7.88. The van der Waals surface area contributed by atoms with Crippen molar-refractivity contribution in [3.63, 3.8) is 0 Å². The summed E-state index contributed by atoms with van der Waals surface area (Å²) >= 11 is 0. The van der Waals surface area contributed by atoms with E-state index in [1.54, 1.807) is 24.3 Å². The topological polar surface area (TPSA) is 101 Å². The van der Waals surface area contributed by atoms with Crippen molar-refractivity contribution in [3.05, 3.63) is 40.3 Å². The lowest BCUT2D eigenvalue weighted by molar-refractivity contribution is 0.0935. The predicted molar refractivity (Wildman–Crippen MR) is 108 cm³/mol. The first-order valence-corrected chi connectivity index (χ1v) is 11.3. The van der Waals surface area contributed by atoms with Crippen molar-refractivity contribution < 1.29 is 13.2 Å². The molecule has 0 aliphatic carbocycles. The molecule has 0 radical (unpaired) electrons. The van der Waals surface area contributed by atoms with Crippen LogP contribution in [-0.4, -0.2) is 54.3 Å². The number of fused-ring (bicyclic) bond motifs is 1. The van der Waals surface area contributed by atoms with Crippen LogP contribution >= 0.6 is 0 Å². The van der Waals surface area contributed by atoms with Crippen molar-refractivity contribution in [1.82, 2.24) is 19.4 Å². The molecule has 1 aromatic heterocycles. The Morgan fingerprint density at radius 1 is 1.21 bits per heavy atom. The Morgan fingerprint density at radius 2 is 1.82 bits per heavy atom. The largest absolute Gasteiger partial charge is 0.350 e. The summed E-state index contributed by atoms with van der Waals surface area (Å²) in [5.74, 6) is -0.111. The molecule has 2 heterocycles. The van der Waals surface area contributed by atoms with Gasteiger partial charge >= 0.3 is 0 Å². The Kier molecular flexibility index (Phi) is 5.85. The van der Waals surface area contributed by atoms with E-state index in [0.717, 1.165) is 0 Å². The van der Waals surface area contributed by atoms with Crippen LogP contribution in [0.15, 0.2) is 29.1 Å². The van der Waals surface area contributed by atoms with Crippen LogP contribution in [0.25, 0.3) is 10.8 Å². The Labute approximate surface area is 164 Å². The van der Waals surface area contributed by atoms with Gasteiger partial charge in [0.1, 0.15) is 0 Å². The molecule has 0 saturated carbocycles. The normalized spacial score (nSPS) is 16.6. The maximum Gasteiger partial charge on any atom is 0.274 e. The molecule has 1 aromatic carbocycles. The van der Waals surface area contributed by atoms with E-state index >= 15 is 0 Å². The zero-order chi connectivity index (χ0) is 20.5. The molecule has 28 heavy (non-hydrogen) atoms. The summed E-state index contributed by atoms with van der Waals surface area (Å²) in [7, 11) is -3.16. The van der Waals surface area contributed by atoms with E-state index in [9.17, 15) is 18.0 Å². The van der Waals surface area contributed by atoms with E-state index in [2.05, 4.69) is 10.4 Å². The Morgan fingerprint density at radius 3 is 2.39 bits per heavy atom. The van der Waals surface area contributed by atoms with Gasteiger partial charge < -0.3 is 5.32 Å². The molecule has 1 fully saturated rings. The second kappa shape index (κ2) is 8.00. The first kappa shape index (κ1) is 20.5. The van der Waals surface area contributed by atoms with Crippen molar-refractivity contribution in [2.45, 2.75) is 32.7 Å². The van der Waals surface area contributed by atoms with Crippen molar-refractivity contribution in [2.24, 2.45) is 5.92 Å². The summed E-state index contributed by atoms with van der Waals surface area (Å²) in [6.45, 7) is 5.09. The highest BCUT2D eigenvalue weighted by atomic mass is 32.2. The van der Waals surface area contributed by atoms with Crippen molar-refractivity contribution >= 4 is 26.7 Å². The van der Waals surface area contributed by atoms with Crippen molar-refractivity contribution in [2.75, 3.05) is 25.9 Å². The van der Waals surface area contributed by atoms with E-state index in [4.69, 9.17) is 0 Å². The number of hydrogen-bond acceptors (Lipinski definition) is 5. The van der Waals surface area contributed by atoms with E-state index in [-0.39, 0.29) is 29.1 Å². The molecule has 1 aliphatic rings. The molecule has 0 atom stereocenters. The lowest BCUT2D eigenvalue weighted by atomic mass is 9.98. The van der Waals surface area contributed by atoms with Gasteiger partial charge in [0.05, 0.1) is 17.7 Å². The lowest BCUT2D eigenvalue weighted by Crippen LogP contribution is -2.41. The van der Waals surface area contributed by atoms with Crippen molar-refractivity contribution in [1.29, 1.82) is 0 Å². The zero-order valence-corrected chi connectivity index (χ0v) is 17.2. The quantitative estimate of drug-likeness (QED) is 0.808. The van der Waals surface area contributed by atoms with Crippen LogP contribution in [0.4, 0.5) is 0 Å². The molecule has 1 amide bonds. The number of amides is 1. The molecule has 152 valence electrons. The number of rotatable bonds is 5. The fourth-order valence-electron chi connectivity index (χ4n) is 3.49. The number of sulfonamides is 1. The number of piperidine rings is 1. The molecule has 0 bridgehead atoms. The molecule has 1 aliphatic heterocycles. The van der Waals surface area contributed by atoms with Gasteiger partial charge in [-0.1, -0.05) is 18.2 Å². The molecule has 1 N–H and O–H groups in total. The highest BCUT2D eigenvalue weighted by Crippen LogP contribution is 2.19. The lowest BCUT2D eigenvalue weighted by Gasteiger charge is -2.30. The van der Waals surface area contributed by atoms with Crippen molar-refractivity contribution in [3.8, 4) is 0 Å². The third-order valence-electron chi connectivity index (χ3n) is 5.13. The second-order valence-electron chi connectivity index (χ2n) is 7.55. The minimum absolute atomic E-state index is 0.163. The van der Waals surface area contributed by atoms with E-state index in [0.29, 0.717) is 43.2 Å². The van der Waals surface area contributed by atoms with E-state index in [1.807, 2.05) is 13.8 Å². The van der Waals surface area contributed by atoms with Gasteiger partial charge in [-0.15, -0.1) is 0 Å². The van der Waals surface area contributed by atoms with Crippen LogP contribution in [0.2, 0.25) is 0 Å². The molecule has 0 unspecified atom stereocenters. The maximum atomic E-state index is 12.8. The SMILES string of the molecule is CC(C)n1nc(C(=O)NCC2CCN(S(C)(=O)=O)CC2)c2ccccc2c1=O. The van der Waals surface area contributed by atoms with Gasteiger partial charge in [0.25, 0.3) is 11.5 Å². The average molecular weight is 407 g/mol. The van der Waals surface area contributed by atoms with Crippen LogP contribution in [0.1, 0.15) is 43.2 Å². The highest BCUT2D eigenvalue weighted by Gasteiger charge is 2.25. The van der Waals surface area contributed by atoms with Gasteiger partial charge in [0, 0.05) is 25.0 Å². The van der Waals surface area contributed by atoms with E-state index in [1.165, 1.54) is 15.2 Å². The fourth-order valence-corrected chi connectivity index (χ4v) is 4.36. The van der Waals surface area contributed by atoms with Crippen LogP contribution in [-0.2, 0) is 10.0 Å². The summed E-state index contributed by atoms with van der Waals surface area (Å²) in [4.78, 5) is 25.4. The van der Waals surface area contributed by atoms with E-state index < -0.39 is 10.0 Å². The van der Waals surface area contributed by atoms with Crippen LogP contribution in [0.5, 0.6) is 0 Å². The van der Waals surface area contributed by atoms with Gasteiger partial charge in [-0.25, -0.2) is 17.4 Å². The summed E-state index contributed by atoms with van der Waals surface area (Å²) < 4.78 is 26.0. The number of nitrogens with zero attached hydrogens (tertiary/aromatic N) is 3. The van der Waals surface area contributed by atoms with Crippen LogP contribution in [0, 0.1) is 5.92 Å². The number of nitrogens with one attached hydrogen (secondary N) is 1. The smallest absolute Gasteiger partial charge is 0.274 e. The Balaban J connectivity index is 1.76. The third kappa shape index (κ3) is 4.25. The average Bonchev–Trinajstić information content (AvgIpc) is 2.66. The minimum Gasteiger partial charge on any atom is -0.350 e. The predicted octanol–water partition coefficient (Wildman–Crippen LogP) is 1.38. The summed E-state index contributed by atoms with van der Waals surface area (Å²) in [6, 6.07) is 6.82. The number of aromatic nitrogens is 2. The molecular formula is C19H26N4O4S. The fraction of sp³-hybridized carbons (Fsp3) is 0.526. The monoisotopic (exact) mass is 406 g/mol. The molecule has 1 saturated heterocycles. The summed E-state index contributed by atoms with van der Waals surface area (Å²) in [6.07, 6.45) is 2.62. The van der Waals surface area contributed by atoms with Crippen LogP contribution < -0.4 is 10.9 Å². The number of benzene rings is 1. The maximum absolute atomic E-state index is 12.8. The molecule has 8 nitrogen and oxygen atoms in total. The second-order valence-corrected chi connectivity index (χ2v) is 9.54.